The van der Waals surface area contributed by atoms with Crippen molar-refractivity contribution in [1.82, 2.24) is 9.88 Å². The first-order valence-corrected chi connectivity index (χ1v) is 9.77. The van der Waals surface area contributed by atoms with E-state index in [4.69, 9.17) is 21.8 Å². The van der Waals surface area contributed by atoms with Gasteiger partial charge in [0.05, 0.1) is 11.2 Å². The Kier molecular flexibility index (Phi) is 5.46. The van der Waals surface area contributed by atoms with Crippen molar-refractivity contribution in [2.24, 2.45) is 5.73 Å². The summed E-state index contributed by atoms with van der Waals surface area (Å²) in [5, 5.41) is 0.610. The number of oxazole rings is 1. The van der Waals surface area contributed by atoms with Crippen molar-refractivity contribution in [2.75, 3.05) is 13.1 Å². The average Bonchev–Trinajstić information content (AvgIpc) is 3.34. The molecule has 0 aliphatic carbocycles. The number of carbonyl (C=O) groups is 1. The molecule has 1 aliphatic heterocycles. The fraction of sp³-hybridized carbons (Fsp3) is 0.273. The van der Waals surface area contributed by atoms with E-state index in [0.717, 1.165) is 5.56 Å². The molecule has 28 heavy (non-hydrogen) atoms. The largest absolute Gasteiger partial charge is 0.441 e. The Hall–Kier alpha value is -2.63. The van der Waals surface area contributed by atoms with Gasteiger partial charge in [0, 0.05) is 43.5 Å². The van der Waals surface area contributed by atoms with Crippen LogP contribution in [0.25, 0.3) is 11.3 Å². The second kappa shape index (κ2) is 8.17. The zero-order valence-corrected chi connectivity index (χ0v) is 16.2. The first-order chi connectivity index (χ1) is 13.6. The fourth-order valence-corrected chi connectivity index (χ4v) is 3.90. The van der Waals surface area contributed by atoms with Gasteiger partial charge in [0.2, 0.25) is 5.91 Å². The highest BCUT2D eigenvalue weighted by molar-refractivity contribution is 6.33. The maximum Gasteiger partial charge on any atom is 0.223 e. The van der Waals surface area contributed by atoms with Gasteiger partial charge in [-0.3, -0.25) is 4.79 Å². The summed E-state index contributed by atoms with van der Waals surface area (Å²) in [6, 6.07) is 17.5. The monoisotopic (exact) mass is 395 g/mol. The van der Waals surface area contributed by atoms with Crippen molar-refractivity contribution in [3.05, 3.63) is 77.3 Å². The van der Waals surface area contributed by atoms with Gasteiger partial charge in [-0.05, 0) is 17.7 Å². The van der Waals surface area contributed by atoms with Crippen LogP contribution in [0.5, 0.6) is 0 Å². The van der Waals surface area contributed by atoms with Crippen LogP contribution < -0.4 is 5.73 Å². The second-order valence-electron chi connectivity index (χ2n) is 7.08. The van der Waals surface area contributed by atoms with Crippen molar-refractivity contribution in [2.45, 2.75) is 24.8 Å². The van der Waals surface area contributed by atoms with Crippen LogP contribution in [-0.4, -0.2) is 34.9 Å². The van der Waals surface area contributed by atoms with Crippen molar-refractivity contribution in [1.29, 1.82) is 0 Å². The molecular weight excluding hydrogens is 374 g/mol. The molecule has 4 rings (SSSR count). The van der Waals surface area contributed by atoms with Crippen LogP contribution in [0.3, 0.4) is 0 Å². The minimum absolute atomic E-state index is 0.0417. The van der Waals surface area contributed by atoms with Crippen LogP contribution in [0, 0.1) is 0 Å². The predicted octanol–water partition coefficient (Wildman–Crippen LogP) is 3.88. The van der Waals surface area contributed by atoms with Crippen LogP contribution in [0.4, 0.5) is 0 Å². The van der Waals surface area contributed by atoms with E-state index in [-0.39, 0.29) is 17.9 Å². The lowest BCUT2D eigenvalue weighted by atomic mass is 9.95. The van der Waals surface area contributed by atoms with Gasteiger partial charge in [-0.2, -0.15) is 0 Å². The number of nitrogens with two attached hydrogens (primary N) is 1. The Morgan fingerprint density at radius 2 is 1.89 bits per heavy atom. The number of carbonyl (C=O) groups excluding carboxylic acids is 1. The summed E-state index contributed by atoms with van der Waals surface area (Å²) in [5.74, 6) is 1.40. The van der Waals surface area contributed by atoms with Crippen molar-refractivity contribution < 1.29 is 9.21 Å². The summed E-state index contributed by atoms with van der Waals surface area (Å²) >= 11 is 6.20. The van der Waals surface area contributed by atoms with E-state index in [0.29, 0.717) is 42.6 Å². The van der Waals surface area contributed by atoms with Crippen LogP contribution in [0.15, 0.2) is 65.2 Å². The van der Waals surface area contributed by atoms with Gasteiger partial charge in [0.1, 0.15) is 0 Å². The summed E-state index contributed by atoms with van der Waals surface area (Å²) in [6.45, 7) is 1.23. The number of rotatable bonds is 5. The number of aryl methyl sites for hydroxylation is 1. The number of benzene rings is 2. The number of hydrogen-bond acceptors (Lipinski definition) is 4. The van der Waals surface area contributed by atoms with Gasteiger partial charge in [-0.15, -0.1) is 0 Å². The maximum absolute atomic E-state index is 12.7. The Bertz CT molecular complexity index is 957. The molecule has 1 fully saturated rings. The molecule has 6 heteroatoms. The van der Waals surface area contributed by atoms with Crippen molar-refractivity contribution in [3.63, 3.8) is 0 Å². The summed E-state index contributed by atoms with van der Waals surface area (Å²) in [5.41, 5.74) is 8.27. The summed E-state index contributed by atoms with van der Waals surface area (Å²) < 4.78 is 5.78. The Morgan fingerprint density at radius 1 is 1.14 bits per heavy atom. The van der Waals surface area contributed by atoms with Crippen LogP contribution in [-0.2, 0) is 11.2 Å². The molecule has 1 aromatic heterocycles. The standard InChI is InChI=1S/C22H22ClN3O2/c23-18-9-5-4-8-16(18)20-12-25-21(28-20)10-11-22(27)26-13-17(19(24)14-26)15-6-2-1-3-7-15/h1-9,12,17,19H,10-11,13-14,24H2/t17-,19+/m0/s1. The van der Waals surface area contributed by atoms with Crippen LogP contribution in [0.2, 0.25) is 5.02 Å². The molecule has 1 amide bonds. The molecule has 0 saturated carbocycles. The molecule has 0 radical (unpaired) electrons. The van der Waals surface area contributed by atoms with Crippen LogP contribution >= 0.6 is 11.6 Å². The summed E-state index contributed by atoms with van der Waals surface area (Å²) in [4.78, 5) is 18.8. The molecule has 2 N–H and O–H groups in total. The molecule has 3 aromatic rings. The Labute approximate surface area is 169 Å². The van der Waals surface area contributed by atoms with Crippen molar-refractivity contribution in [3.8, 4) is 11.3 Å². The molecule has 1 aliphatic rings. The van der Waals surface area contributed by atoms with Crippen molar-refractivity contribution >= 4 is 17.5 Å². The van der Waals surface area contributed by atoms with Gasteiger partial charge < -0.3 is 15.1 Å². The third kappa shape index (κ3) is 3.96. The Balaban J connectivity index is 1.36. The molecule has 2 heterocycles. The molecule has 0 bridgehead atoms. The van der Waals surface area contributed by atoms with E-state index < -0.39 is 0 Å². The molecule has 2 atom stereocenters. The molecule has 5 nitrogen and oxygen atoms in total. The normalized spacial score (nSPS) is 19.1. The minimum atomic E-state index is -0.0417. The highest BCUT2D eigenvalue weighted by Gasteiger charge is 2.33. The number of hydrogen-bond donors (Lipinski definition) is 1. The zero-order valence-electron chi connectivity index (χ0n) is 15.4. The Morgan fingerprint density at radius 3 is 2.68 bits per heavy atom. The number of likely N-dealkylation sites (tertiary alicyclic amines) is 1. The lowest BCUT2D eigenvalue weighted by Gasteiger charge is -2.16. The van der Waals surface area contributed by atoms with E-state index >= 15 is 0 Å². The number of nitrogens with zero attached hydrogens (tertiary/aromatic N) is 2. The smallest absolute Gasteiger partial charge is 0.223 e. The molecular formula is C22H22ClN3O2. The number of aromatic nitrogens is 1. The van der Waals surface area contributed by atoms with Gasteiger partial charge in [-0.25, -0.2) is 4.98 Å². The predicted molar refractivity (Wildman–Crippen MR) is 109 cm³/mol. The van der Waals surface area contributed by atoms with Gasteiger partial charge in [0.25, 0.3) is 0 Å². The summed E-state index contributed by atoms with van der Waals surface area (Å²) in [7, 11) is 0. The lowest BCUT2D eigenvalue weighted by molar-refractivity contribution is -0.130. The molecule has 0 spiro atoms. The van der Waals surface area contributed by atoms with Gasteiger partial charge in [0.15, 0.2) is 11.7 Å². The number of amides is 1. The van der Waals surface area contributed by atoms with E-state index in [1.165, 1.54) is 5.56 Å². The van der Waals surface area contributed by atoms with E-state index in [2.05, 4.69) is 17.1 Å². The van der Waals surface area contributed by atoms with E-state index in [1.54, 1.807) is 6.20 Å². The molecule has 2 aromatic carbocycles. The highest BCUT2D eigenvalue weighted by Crippen LogP contribution is 2.29. The van der Waals surface area contributed by atoms with E-state index in [9.17, 15) is 4.79 Å². The van der Waals surface area contributed by atoms with Gasteiger partial charge in [-0.1, -0.05) is 54.1 Å². The fourth-order valence-electron chi connectivity index (χ4n) is 3.67. The second-order valence-corrected chi connectivity index (χ2v) is 7.49. The SMILES string of the molecule is N[C@@H]1CN(C(=O)CCc2ncc(-c3ccccc3Cl)o2)C[C@H]1c1ccccc1. The highest BCUT2D eigenvalue weighted by atomic mass is 35.5. The topological polar surface area (TPSA) is 72.4 Å². The third-order valence-corrected chi connectivity index (χ3v) is 5.52. The molecule has 1 saturated heterocycles. The number of halogens is 1. The first kappa shape index (κ1) is 18.7. The first-order valence-electron chi connectivity index (χ1n) is 9.39. The molecule has 0 unspecified atom stereocenters. The van der Waals surface area contributed by atoms with E-state index in [1.807, 2.05) is 47.4 Å². The summed E-state index contributed by atoms with van der Waals surface area (Å²) in [6.07, 6.45) is 2.44. The molecule has 144 valence electrons. The lowest BCUT2D eigenvalue weighted by Crippen LogP contribution is -2.32. The third-order valence-electron chi connectivity index (χ3n) is 5.19. The maximum atomic E-state index is 12.7. The average molecular weight is 396 g/mol. The quantitative estimate of drug-likeness (QED) is 0.711. The zero-order chi connectivity index (χ0) is 19.5. The van der Waals surface area contributed by atoms with Crippen LogP contribution in [0.1, 0.15) is 23.8 Å². The van der Waals surface area contributed by atoms with Gasteiger partial charge >= 0.3 is 0 Å². The minimum Gasteiger partial charge on any atom is -0.441 e.